The van der Waals surface area contributed by atoms with Crippen LogP contribution < -0.4 is 20.5 Å². The molecule has 26 heavy (non-hydrogen) atoms. The van der Waals surface area contributed by atoms with E-state index in [0.29, 0.717) is 18.1 Å². The summed E-state index contributed by atoms with van der Waals surface area (Å²) in [4.78, 5) is 33.0. The Labute approximate surface area is 149 Å². The average molecular weight is 358 g/mol. The molecule has 2 aromatic carbocycles. The van der Waals surface area contributed by atoms with Gasteiger partial charge in [0.2, 0.25) is 0 Å². The predicted octanol–water partition coefficient (Wildman–Crippen LogP) is 1.38. The molecule has 8 nitrogen and oxygen atoms in total. The SMILES string of the molecule is NC(=O)NC(=O)COC(=O)COc1ccc(OCc2ccccc2)cc1. The number of rotatable bonds is 8. The standard InChI is InChI=1S/C18H18N2O6/c19-18(23)20-16(21)11-26-17(22)12-25-15-8-6-14(7-9-15)24-10-13-4-2-1-3-5-13/h1-9H,10-12H2,(H3,19,20,21,23). The summed E-state index contributed by atoms with van der Waals surface area (Å²) in [6, 6.07) is 15.4. The zero-order valence-corrected chi connectivity index (χ0v) is 13.8. The zero-order chi connectivity index (χ0) is 18.8. The fourth-order valence-electron chi connectivity index (χ4n) is 1.88. The zero-order valence-electron chi connectivity index (χ0n) is 13.8. The number of amides is 3. The van der Waals surface area contributed by atoms with Gasteiger partial charge in [-0.25, -0.2) is 9.59 Å². The Morgan fingerprint density at radius 2 is 1.46 bits per heavy atom. The van der Waals surface area contributed by atoms with E-state index >= 15 is 0 Å². The van der Waals surface area contributed by atoms with Crippen LogP contribution in [-0.4, -0.2) is 31.1 Å². The van der Waals surface area contributed by atoms with Crippen molar-refractivity contribution in [3.63, 3.8) is 0 Å². The number of ether oxygens (including phenoxy) is 3. The number of hydrogen-bond donors (Lipinski definition) is 2. The van der Waals surface area contributed by atoms with Crippen LogP contribution >= 0.6 is 0 Å². The van der Waals surface area contributed by atoms with Gasteiger partial charge in [0.1, 0.15) is 18.1 Å². The van der Waals surface area contributed by atoms with Gasteiger partial charge in [-0.1, -0.05) is 30.3 Å². The van der Waals surface area contributed by atoms with Crippen molar-refractivity contribution in [2.75, 3.05) is 13.2 Å². The van der Waals surface area contributed by atoms with E-state index in [1.807, 2.05) is 30.3 Å². The Bertz CT molecular complexity index is 746. The molecule has 3 amide bonds. The first-order valence-electron chi connectivity index (χ1n) is 7.67. The number of carbonyl (C=O) groups is 3. The maximum Gasteiger partial charge on any atom is 0.344 e. The number of nitrogens with two attached hydrogens (primary N) is 1. The highest BCUT2D eigenvalue weighted by atomic mass is 16.6. The van der Waals surface area contributed by atoms with Gasteiger partial charge in [-0.2, -0.15) is 0 Å². The molecule has 2 aromatic rings. The van der Waals surface area contributed by atoms with Gasteiger partial charge in [0.05, 0.1) is 0 Å². The molecule has 0 aliphatic rings. The summed E-state index contributed by atoms with van der Waals surface area (Å²) >= 11 is 0. The lowest BCUT2D eigenvalue weighted by atomic mass is 10.2. The van der Waals surface area contributed by atoms with Crippen LogP contribution in [0.25, 0.3) is 0 Å². The van der Waals surface area contributed by atoms with E-state index in [0.717, 1.165) is 5.56 Å². The molecule has 0 heterocycles. The molecule has 0 fully saturated rings. The van der Waals surface area contributed by atoms with Crippen molar-refractivity contribution >= 4 is 17.9 Å². The molecule has 3 N–H and O–H groups in total. The molecule has 2 rings (SSSR count). The van der Waals surface area contributed by atoms with Gasteiger partial charge in [-0.15, -0.1) is 0 Å². The van der Waals surface area contributed by atoms with E-state index in [2.05, 4.69) is 4.74 Å². The third kappa shape index (κ3) is 6.91. The predicted molar refractivity (Wildman–Crippen MR) is 91.4 cm³/mol. The van der Waals surface area contributed by atoms with Crippen LogP contribution in [0.3, 0.4) is 0 Å². The maximum absolute atomic E-state index is 11.5. The lowest BCUT2D eigenvalue weighted by molar-refractivity contribution is -0.150. The fourth-order valence-corrected chi connectivity index (χ4v) is 1.88. The highest BCUT2D eigenvalue weighted by Crippen LogP contribution is 2.18. The Morgan fingerprint density at radius 1 is 0.846 bits per heavy atom. The number of primary amides is 1. The second-order valence-corrected chi connectivity index (χ2v) is 5.11. The van der Waals surface area contributed by atoms with Crippen LogP contribution in [0.1, 0.15) is 5.56 Å². The van der Waals surface area contributed by atoms with E-state index in [4.69, 9.17) is 15.2 Å². The van der Waals surface area contributed by atoms with Crippen LogP contribution in [-0.2, 0) is 20.9 Å². The lowest BCUT2D eigenvalue weighted by Crippen LogP contribution is -2.38. The van der Waals surface area contributed by atoms with Gasteiger partial charge in [0.25, 0.3) is 5.91 Å². The highest BCUT2D eigenvalue weighted by Gasteiger charge is 2.09. The van der Waals surface area contributed by atoms with Crippen LogP contribution in [0.15, 0.2) is 54.6 Å². The van der Waals surface area contributed by atoms with Gasteiger partial charge in [0.15, 0.2) is 13.2 Å². The first-order chi connectivity index (χ1) is 12.5. The smallest absolute Gasteiger partial charge is 0.344 e. The van der Waals surface area contributed by atoms with Gasteiger partial charge in [-0.3, -0.25) is 10.1 Å². The monoisotopic (exact) mass is 358 g/mol. The van der Waals surface area contributed by atoms with Gasteiger partial charge >= 0.3 is 12.0 Å². The molecule has 0 radical (unpaired) electrons. The summed E-state index contributed by atoms with van der Waals surface area (Å²) < 4.78 is 15.5. The van der Waals surface area contributed by atoms with Crippen LogP contribution in [0, 0.1) is 0 Å². The van der Waals surface area contributed by atoms with Gasteiger partial charge in [-0.05, 0) is 29.8 Å². The van der Waals surface area contributed by atoms with Crippen molar-refractivity contribution in [3.05, 3.63) is 60.2 Å². The van der Waals surface area contributed by atoms with Gasteiger partial charge < -0.3 is 19.9 Å². The Hall–Kier alpha value is -3.55. The third-order valence-corrected chi connectivity index (χ3v) is 3.06. The van der Waals surface area contributed by atoms with E-state index in [1.165, 1.54) is 0 Å². The minimum Gasteiger partial charge on any atom is -0.489 e. The molecule has 0 atom stereocenters. The summed E-state index contributed by atoms with van der Waals surface area (Å²) in [6.07, 6.45) is 0. The minimum atomic E-state index is -1.02. The number of imide groups is 1. The van der Waals surface area contributed by atoms with Crippen molar-refractivity contribution in [1.29, 1.82) is 0 Å². The van der Waals surface area contributed by atoms with Crippen molar-refractivity contribution in [2.45, 2.75) is 6.61 Å². The Morgan fingerprint density at radius 3 is 2.08 bits per heavy atom. The number of benzene rings is 2. The largest absolute Gasteiger partial charge is 0.489 e. The number of hydrogen-bond acceptors (Lipinski definition) is 6. The summed E-state index contributed by atoms with van der Waals surface area (Å²) in [5, 5.41) is 1.77. The number of esters is 1. The molecule has 8 heteroatoms. The van der Waals surface area contributed by atoms with E-state index in [1.54, 1.807) is 29.6 Å². The molecule has 0 bridgehead atoms. The summed E-state index contributed by atoms with van der Waals surface area (Å²) in [6.45, 7) is -0.549. The Balaban J connectivity index is 1.70. The van der Waals surface area contributed by atoms with Crippen molar-refractivity contribution in [2.24, 2.45) is 5.73 Å². The first kappa shape index (κ1) is 18.8. The molecular weight excluding hydrogens is 340 g/mol. The normalized spacial score (nSPS) is 9.85. The van der Waals surface area contributed by atoms with Crippen molar-refractivity contribution in [1.82, 2.24) is 5.32 Å². The summed E-state index contributed by atoms with van der Waals surface area (Å²) in [5.41, 5.74) is 5.81. The van der Waals surface area contributed by atoms with Crippen molar-refractivity contribution in [3.8, 4) is 11.5 Å². The van der Waals surface area contributed by atoms with Gasteiger partial charge in [0, 0.05) is 0 Å². The minimum absolute atomic E-state index is 0.381. The topological polar surface area (TPSA) is 117 Å². The third-order valence-electron chi connectivity index (χ3n) is 3.06. The van der Waals surface area contributed by atoms with Crippen LogP contribution in [0.2, 0.25) is 0 Å². The molecule has 0 aliphatic carbocycles. The molecule has 0 saturated heterocycles. The molecule has 136 valence electrons. The second-order valence-electron chi connectivity index (χ2n) is 5.11. The number of carbonyl (C=O) groups excluding carboxylic acids is 3. The summed E-state index contributed by atoms with van der Waals surface area (Å²) in [7, 11) is 0. The average Bonchev–Trinajstić information content (AvgIpc) is 2.64. The number of nitrogens with one attached hydrogen (secondary N) is 1. The molecule has 0 unspecified atom stereocenters. The first-order valence-corrected chi connectivity index (χ1v) is 7.67. The molecule has 0 aliphatic heterocycles. The molecule has 0 spiro atoms. The van der Waals surface area contributed by atoms with E-state index in [9.17, 15) is 14.4 Å². The fraction of sp³-hybridized carbons (Fsp3) is 0.167. The molecule has 0 saturated carbocycles. The molecular formula is C18H18N2O6. The van der Waals surface area contributed by atoms with Crippen LogP contribution in [0.4, 0.5) is 4.79 Å². The Kier molecular flexibility index (Phi) is 6.99. The highest BCUT2D eigenvalue weighted by molar-refractivity contribution is 5.94. The summed E-state index contributed by atoms with van der Waals surface area (Å²) in [5.74, 6) is -0.470. The lowest BCUT2D eigenvalue weighted by Gasteiger charge is -2.09. The van der Waals surface area contributed by atoms with Crippen molar-refractivity contribution < 1.29 is 28.6 Å². The van der Waals surface area contributed by atoms with Crippen LogP contribution in [0.5, 0.6) is 11.5 Å². The maximum atomic E-state index is 11.5. The van der Waals surface area contributed by atoms with E-state index in [-0.39, 0.29) is 6.61 Å². The second kappa shape index (κ2) is 9.67. The van der Waals surface area contributed by atoms with E-state index < -0.39 is 24.5 Å². The number of urea groups is 1. The quantitative estimate of drug-likeness (QED) is 0.689. The molecule has 0 aromatic heterocycles.